The molecule has 0 aromatic carbocycles. The van der Waals surface area contributed by atoms with Crippen molar-refractivity contribution in [3.63, 3.8) is 0 Å². The van der Waals surface area contributed by atoms with E-state index < -0.39 is 24.1 Å². The quantitative estimate of drug-likeness (QED) is 0.483. The zero-order valence-electron chi connectivity index (χ0n) is 12.8. The van der Waals surface area contributed by atoms with Crippen molar-refractivity contribution >= 4 is 11.9 Å². The normalized spacial score (nSPS) is 10.7. The van der Waals surface area contributed by atoms with Crippen LogP contribution in [0.3, 0.4) is 0 Å². The maximum atomic E-state index is 9.34. The smallest absolute Gasteiger partial charge is 0.854 e. The van der Waals surface area contributed by atoms with E-state index in [9.17, 15) is 30.0 Å². The number of aliphatic hydroxyl groups excluding tert-OH is 2. The molecule has 0 amide bonds. The number of aliphatic carboxylic acids is 2. The molecule has 0 bridgehead atoms. The van der Waals surface area contributed by atoms with E-state index in [1.54, 1.807) is 0 Å². The van der Waals surface area contributed by atoms with Crippen molar-refractivity contribution in [1.29, 1.82) is 0 Å². The topological polar surface area (TPSA) is 167 Å². The fraction of sp³-hybridized carbons (Fsp3) is 0.833. The van der Waals surface area contributed by atoms with Crippen molar-refractivity contribution in [3.8, 4) is 0 Å². The monoisotopic (exact) mass is 344 g/mol. The number of aliphatic hydroxyl groups is 2. The largest absolute Gasteiger partial charge is 4.00 e. The molecule has 2 N–H and O–H groups in total. The van der Waals surface area contributed by atoms with Gasteiger partial charge >= 0.3 is 21.7 Å². The van der Waals surface area contributed by atoms with Gasteiger partial charge < -0.3 is 40.2 Å². The van der Waals surface area contributed by atoms with Crippen LogP contribution < -0.4 is 20.4 Å². The van der Waals surface area contributed by atoms with Gasteiger partial charge in [-0.1, -0.05) is 26.7 Å². The molecule has 2 unspecified atom stereocenters. The average molecular weight is 344 g/mol. The minimum Gasteiger partial charge on any atom is -0.854 e. The maximum Gasteiger partial charge on any atom is 4.00 e. The van der Waals surface area contributed by atoms with Crippen LogP contribution in [-0.2, 0) is 31.3 Å². The first-order chi connectivity index (χ1) is 9.11. The molecule has 0 heterocycles. The summed E-state index contributed by atoms with van der Waals surface area (Å²) in [6.07, 6.45) is -1.16. The van der Waals surface area contributed by atoms with Gasteiger partial charge in [0, 0.05) is 0 Å². The Morgan fingerprint density at radius 1 is 0.857 bits per heavy atom. The predicted molar refractivity (Wildman–Crippen MR) is 63.7 cm³/mol. The predicted octanol–water partition coefficient (Wildman–Crippen LogP) is -4.25. The van der Waals surface area contributed by atoms with Crippen LogP contribution in [0, 0.1) is 0 Å². The van der Waals surface area contributed by atoms with Crippen LogP contribution in [0.15, 0.2) is 0 Å². The summed E-state index contributed by atoms with van der Waals surface area (Å²) in [5.74, 6) is -2.87. The number of carbonyl (C=O) groups excluding carboxylic acids is 2. The van der Waals surface area contributed by atoms with Crippen molar-refractivity contribution in [1.82, 2.24) is 0 Å². The molecule has 0 radical (unpaired) electrons. The molecular weight excluding hydrogens is 320 g/mol. The number of hydrogen-bond donors (Lipinski definition) is 2. The van der Waals surface area contributed by atoms with Crippen molar-refractivity contribution in [2.75, 3.05) is 13.2 Å². The number of carboxylic acid groups (broad SMARTS) is 2. The van der Waals surface area contributed by atoms with Crippen LogP contribution in [0.4, 0.5) is 0 Å². The van der Waals surface area contributed by atoms with E-state index in [0.717, 1.165) is 26.7 Å². The number of hydrogen-bond acceptors (Lipinski definition) is 8. The SMILES string of the molecule is CC(O)C(=O)[O-].CC(O)C(=O)[O-].CCC[O-].CCC[O-].[Ti+4]. The van der Waals surface area contributed by atoms with Gasteiger partial charge in [0.25, 0.3) is 0 Å². The van der Waals surface area contributed by atoms with E-state index in [0.29, 0.717) is 0 Å². The van der Waals surface area contributed by atoms with E-state index in [1.807, 2.05) is 13.8 Å². The Balaban J connectivity index is -0.0000000544. The molecule has 21 heavy (non-hydrogen) atoms. The molecule has 0 spiro atoms. The summed E-state index contributed by atoms with van der Waals surface area (Å²) in [7, 11) is 0. The molecule has 0 aromatic rings. The van der Waals surface area contributed by atoms with E-state index in [-0.39, 0.29) is 34.9 Å². The number of carbonyl (C=O) groups is 2. The van der Waals surface area contributed by atoms with Crippen molar-refractivity contribution in [2.24, 2.45) is 0 Å². The standard InChI is InChI=1S/2C3H6O3.2C3H7O.Ti/c2*1-2(4)3(5)6;2*1-2-3-4;/h2*2,4H,1H3,(H,5,6);2*2-3H2,1H3;/q;;2*-1;+4/p-2. The summed E-state index contributed by atoms with van der Waals surface area (Å²) in [4.78, 5) is 18.7. The molecule has 0 saturated carbocycles. The van der Waals surface area contributed by atoms with Gasteiger partial charge in [0.05, 0.1) is 24.1 Å². The fourth-order valence-electron chi connectivity index (χ4n) is 0. The van der Waals surface area contributed by atoms with Crippen molar-refractivity contribution in [2.45, 2.75) is 52.7 Å². The molecule has 8 nitrogen and oxygen atoms in total. The fourth-order valence-corrected chi connectivity index (χ4v) is 0. The van der Waals surface area contributed by atoms with Crippen molar-refractivity contribution in [3.05, 3.63) is 0 Å². The zero-order valence-corrected chi connectivity index (χ0v) is 14.4. The maximum absolute atomic E-state index is 9.34. The van der Waals surface area contributed by atoms with Crippen molar-refractivity contribution < 1.29 is 61.9 Å². The third kappa shape index (κ3) is 66.2. The Morgan fingerprint density at radius 2 is 0.952 bits per heavy atom. The molecule has 0 aliphatic heterocycles. The minimum absolute atomic E-state index is 0. The molecule has 0 saturated heterocycles. The molecule has 0 aliphatic rings. The average Bonchev–Trinajstić information content (AvgIpc) is 2.39. The first-order valence-electron chi connectivity index (χ1n) is 6.06. The Bertz CT molecular complexity index is 183. The molecule has 0 aliphatic carbocycles. The van der Waals surface area contributed by atoms with Gasteiger partial charge in [0.2, 0.25) is 0 Å². The summed E-state index contributed by atoms with van der Waals surface area (Å²) in [5, 5.41) is 53.2. The second-order valence-electron chi connectivity index (χ2n) is 3.40. The summed E-state index contributed by atoms with van der Waals surface area (Å²) in [6.45, 7) is 6.14. The zero-order chi connectivity index (χ0) is 17.1. The molecule has 0 rings (SSSR count). The van der Waals surface area contributed by atoms with Crippen LogP contribution in [0.5, 0.6) is 0 Å². The Hall–Kier alpha value is -0.506. The van der Waals surface area contributed by atoms with E-state index in [1.165, 1.54) is 0 Å². The third-order valence-electron chi connectivity index (χ3n) is 1.09. The Kier molecular flexibility index (Phi) is 42.9. The van der Waals surface area contributed by atoms with Gasteiger partial charge in [-0.05, 0) is 13.8 Å². The molecule has 124 valence electrons. The molecule has 0 fully saturated rings. The number of carboxylic acids is 2. The molecule has 9 heteroatoms. The summed E-state index contributed by atoms with van der Waals surface area (Å²) in [5.41, 5.74) is 0. The van der Waals surface area contributed by atoms with Gasteiger partial charge in [-0.15, -0.1) is 13.2 Å². The van der Waals surface area contributed by atoms with Gasteiger partial charge in [-0.25, -0.2) is 0 Å². The van der Waals surface area contributed by atoms with E-state index >= 15 is 0 Å². The van der Waals surface area contributed by atoms with E-state index in [2.05, 4.69) is 0 Å². The third-order valence-corrected chi connectivity index (χ3v) is 1.09. The Labute approximate surface area is 140 Å². The summed E-state index contributed by atoms with van der Waals surface area (Å²) >= 11 is 0. The van der Waals surface area contributed by atoms with Gasteiger partial charge in [-0.2, -0.15) is 0 Å². The van der Waals surface area contributed by atoms with Gasteiger partial charge in [-0.3, -0.25) is 0 Å². The van der Waals surface area contributed by atoms with Crippen LogP contribution in [0.25, 0.3) is 0 Å². The van der Waals surface area contributed by atoms with Crippen LogP contribution >= 0.6 is 0 Å². The van der Waals surface area contributed by atoms with Crippen LogP contribution in [0.2, 0.25) is 0 Å². The molecular formula is C12H24O8Ti. The second-order valence-corrected chi connectivity index (χ2v) is 3.40. The van der Waals surface area contributed by atoms with Gasteiger partial charge in [0.1, 0.15) is 0 Å². The second kappa shape index (κ2) is 27.8. The molecule has 0 aromatic heterocycles. The first kappa shape index (κ1) is 32.4. The number of rotatable bonds is 4. The minimum atomic E-state index is -1.44. The molecule has 2 atom stereocenters. The van der Waals surface area contributed by atoms with E-state index in [4.69, 9.17) is 10.2 Å². The summed E-state index contributed by atoms with van der Waals surface area (Å²) in [6, 6.07) is 0. The van der Waals surface area contributed by atoms with Gasteiger partial charge in [0.15, 0.2) is 0 Å². The van der Waals surface area contributed by atoms with Crippen LogP contribution in [0.1, 0.15) is 40.5 Å². The first-order valence-corrected chi connectivity index (χ1v) is 6.06. The summed E-state index contributed by atoms with van der Waals surface area (Å²) < 4.78 is 0. The van der Waals surface area contributed by atoms with Crippen LogP contribution in [-0.4, -0.2) is 47.6 Å². The Morgan fingerprint density at radius 3 is 0.952 bits per heavy atom.